The number of tetrazole rings is 1. The smallest absolute Gasteiger partial charge is 0.368 e. The maximum atomic E-state index is 12.4. The molecule has 1 aromatic heterocycles. The van der Waals surface area contributed by atoms with Crippen molar-refractivity contribution in [2.75, 3.05) is 0 Å². The van der Waals surface area contributed by atoms with Crippen LogP contribution in [0.5, 0.6) is 0 Å². The van der Waals surface area contributed by atoms with Crippen molar-refractivity contribution in [3.63, 3.8) is 0 Å². The largest absolute Gasteiger partial charge is 0.410 e. The van der Waals surface area contributed by atoms with Crippen LogP contribution >= 0.6 is 15.9 Å². The molecule has 8 heteroatoms. The van der Waals surface area contributed by atoms with Gasteiger partial charge in [0.2, 0.25) is 0 Å². The molecule has 4 rings (SSSR count). The van der Waals surface area contributed by atoms with Gasteiger partial charge in [0, 0.05) is 17.1 Å². The average molecular weight is 456 g/mol. The maximum Gasteiger partial charge on any atom is 0.368 e. The number of fused-ring (bicyclic) bond motifs is 1. The van der Waals surface area contributed by atoms with Gasteiger partial charge in [-0.1, -0.05) is 24.3 Å². The lowest BCUT2D eigenvalue weighted by Crippen LogP contribution is -2.23. The molecule has 0 saturated heterocycles. The summed E-state index contributed by atoms with van der Waals surface area (Å²) in [5.74, 6) is 6.21. The van der Waals surface area contributed by atoms with Gasteiger partial charge in [0.25, 0.3) is 0 Å². The van der Waals surface area contributed by atoms with Crippen LogP contribution in [0.2, 0.25) is 0 Å². The molecule has 0 radical (unpaired) electrons. The number of benzene rings is 2. The van der Waals surface area contributed by atoms with E-state index >= 15 is 0 Å². The van der Waals surface area contributed by atoms with Crippen LogP contribution in [0.25, 0.3) is 17.0 Å². The normalized spacial score (nSPS) is 14.3. The SMILES string of the molecule is C/C(=C(\ON)c1c(Br)cccc1-n1nnn(C)c1=O)c1ccc2c(c1)CCCC2. The third-order valence-electron chi connectivity index (χ3n) is 5.41. The van der Waals surface area contributed by atoms with E-state index in [1.165, 1.54) is 33.3 Å². The molecule has 1 aliphatic rings. The lowest BCUT2D eigenvalue weighted by atomic mass is 9.88. The zero-order valence-corrected chi connectivity index (χ0v) is 17.9. The van der Waals surface area contributed by atoms with E-state index in [1.54, 1.807) is 13.1 Å². The summed E-state index contributed by atoms with van der Waals surface area (Å²) in [5, 5.41) is 7.78. The fraction of sp³-hybridized carbons (Fsp3) is 0.286. The molecule has 0 unspecified atom stereocenters. The van der Waals surface area contributed by atoms with Gasteiger partial charge < -0.3 is 4.84 Å². The van der Waals surface area contributed by atoms with Crippen LogP contribution in [0.15, 0.2) is 45.7 Å². The highest BCUT2D eigenvalue weighted by Gasteiger charge is 2.21. The Hall–Kier alpha value is -2.71. The standard InChI is InChI=1S/C21H22BrN5O2/c1-13(15-11-10-14-6-3-4-7-16(14)12-15)20(29-23)19-17(22)8-5-9-18(19)27-21(28)26(2)24-25-27/h5,8-12H,3-4,6-7,23H2,1-2H3/b20-13+. The number of hydrogen-bond donors (Lipinski definition) is 1. The van der Waals surface area contributed by atoms with Crippen LogP contribution in [0.1, 0.15) is 42.0 Å². The fourth-order valence-corrected chi connectivity index (χ4v) is 4.35. The van der Waals surface area contributed by atoms with Gasteiger partial charge in [-0.05, 0) is 87.8 Å². The summed E-state index contributed by atoms with van der Waals surface area (Å²) in [6.07, 6.45) is 4.67. The predicted molar refractivity (Wildman–Crippen MR) is 115 cm³/mol. The van der Waals surface area contributed by atoms with Gasteiger partial charge in [-0.3, -0.25) is 0 Å². The van der Waals surface area contributed by atoms with Crippen LogP contribution in [0, 0.1) is 0 Å². The molecule has 0 saturated carbocycles. The van der Waals surface area contributed by atoms with Crippen molar-refractivity contribution in [3.05, 3.63) is 73.6 Å². The van der Waals surface area contributed by atoms with Crippen molar-refractivity contribution in [1.29, 1.82) is 0 Å². The summed E-state index contributed by atoms with van der Waals surface area (Å²) < 4.78 is 3.15. The Morgan fingerprint density at radius 2 is 1.90 bits per heavy atom. The summed E-state index contributed by atoms with van der Waals surface area (Å²) in [7, 11) is 1.55. The second-order valence-electron chi connectivity index (χ2n) is 7.19. The van der Waals surface area contributed by atoms with E-state index < -0.39 is 0 Å². The zero-order valence-electron chi connectivity index (χ0n) is 16.4. The van der Waals surface area contributed by atoms with Gasteiger partial charge >= 0.3 is 5.69 Å². The first-order chi connectivity index (χ1) is 14.0. The zero-order chi connectivity index (χ0) is 20.5. The highest BCUT2D eigenvalue weighted by molar-refractivity contribution is 9.10. The molecule has 0 amide bonds. The number of allylic oxidation sites excluding steroid dienone is 1. The number of nitrogens with two attached hydrogens (primary N) is 1. The quantitative estimate of drug-likeness (QED) is 0.370. The maximum absolute atomic E-state index is 12.4. The predicted octanol–water partition coefficient (Wildman–Crippen LogP) is 3.39. The summed E-state index contributed by atoms with van der Waals surface area (Å²) in [6, 6.07) is 12.0. The van der Waals surface area contributed by atoms with E-state index in [-0.39, 0.29) is 5.69 Å². The van der Waals surface area contributed by atoms with E-state index in [4.69, 9.17) is 10.7 Å². The molecule has 0 aliphatic heterocycles. The molecule has 2 aromatic carbocycles. The number of halogens is 1. The topological polar surface area (TPSA) is 88.0 Å². The number of nitrogens with zero attached hydrogens (tertiary/aromatic N) is 4. The van der Waals surface area contributed by atoms with Crippen molar-refractivity contribution < 1.29 is 4.84 Å². The molecule has 0 bridgehead atoms. The molecular formula is C21H22BrN5O2. The molecule has 29 heavy (non-hydrogen) atoms. The summed E-state index contributed by atoms with van der Waals surface area (Å²) in [4.78, 5) is 17.8. The van der Waals surface area contributed by atoms with Gasteiger partial charge in [-0.15, -0.1) is 0 Å². The number of hydrogen-bond acceptors (Lipinski definition) is 5. The van der Waals surface area contributed by atoms with E-state index in [1.807, 2.05) is 19.1 Å². The van der Waals surface area contributed by atoms with Crippen LogP contribution in [-0.4, -0.2) is 19.8 Å². The van der Waals surface area contributed by atoms with Gasteiger partial charge in [0.05, 0.1) is 11.3 Å². The Kier molecular flexibility index (Phi) is 5.38. The monoisotopic (exact) mass is 455 g/mol. The van der Waals surface area contributed by atoms with Crippen molar-refractivity contribution in [2.45, 2.75) is 32.6 Å². The summed E-state index contributed by atoms with van der Waals surface area (Å²) >= 11 is 3.58. The van der Waals surface area contributed by atoms with E-state index in [9.17, 15) is 4.79 Å². The minimum absolute atomic E-state index is 0.354. The van der Waals surface area contributed by atoms with Crippen molar-refractivity contribution in [3.8, 4) is 5.69 Å². The van der Waals surface area contributed by atoms with Crippen LogP contribution in [0.3, 0.4) is 0 Å². The number of aryl methyl sites for hydroxylation is 3. The third kappa shape index (κ3) is 3.54. The molecule has 3 aromatic rings. The lowest BCUT2D eigenvalue weighted by molar-refractivity contribution is 0.291. The minimum atomic E-state index is -0.354. The van der Waals surface area contributed by atoms with E-state index in [0.29, 0.717) is 17.0 Å². The van der Waals surface area contributed by atoms with Gasteiger partial charge in [0.15, 0.2) is 5.76 Å². The summed E-state index contributed by atoms with van der Waals surface area (Å²) in [5.41, 5.74) is 5.54. The Morgan fingerprint density at radius 3 is 2.59 bits per heavy atom. The molecule has 150 valence electrons. The van der Waals surface area contributed by atoms with Crippen molar-refractivity contribution in [1.82, 2.24) is 19.8 Å². The van der Waals surface area contributed by atoms with Gasteiger partial charge in [0.1, 0.15) is 0 Å². The molecule has 0 fully saturated rings. The van der Waals surface area contributed by atoms with Crippen LogP contribution in [0.4, 0.5) is 0 Å². The Balaban J connectivity index is 1.90. The fourth-order valence-electron chi connectivity index (χ4n) is 3.81. The second kappa shape index (κ2) is 7.96. The highest BCUT2D eigenvalue weighted by Crippen LogP contribution is 2.35. The van der Waals surface area contributed by atoms with Crippen molar-refractivity contribution in [2.24, 2.45) is 12.9 Å². The van der Waals surface area contributed by atoms with Crippen LogP contribution in [-0.2, 0) is 24.7 Å². The molecule has 0 spiro atoms. The highest BCUT2D eigenvalue weighted by atomic mass is 79.9. The summed E-state index contributed by atoms with van der Waals surface area (Å²) in [6.45, 7) is 1.97. The van der Waals surface area contributed by atoms with Gasteiger partial charge in [-0.25, -0.2) is 4.79 Å². The molecular weight excluding hydrogens is 434 g/mol. The van der Waals surface area contributed by atoms with E-state index in [0.717, 1.165) is 28.5 Å². The average Bonchev–Trinajstić information content (AvgIpc) is 3.07. The first-order valence-corrected chi connectivity index (χ1v) is 10.3. The first kappa shape index (κ1) is 19.6. The molecule has 0 atom stereocenters. The Labute approximate surface area is 176 Å². The Bertz CT molecular complexity index is 1160. The number of rotatable bonds is 4. The van der Waals surface area contributed by atoms with Crippen molar-refractivity contribution >= 4 is 27.3 Å². The van der Waals surface area contributed by atoms with Gasteiger partial charge in [-0.2, -0.15) is 15.3 Å². The number of aromatic nitrogens is 4. The molecule has 7 nitrogen and oxygen atoms in total. The Morgan fingerprint density at radius 1 is 1.14 bits per heavy atom. The van der Waals surface area contributed by atoms with Crippen LogP contribution < -0.4 is 11.6 Å². The van der Waals surface area contributed by atoms with E-state index in [2.05, 4.69) is 44.6 Å². The molecule has 1 aliphatic carbocycles. The first-order valence-electron chi connectivity index (χ1n) is 9.49. The molecule has 1 heterocycles. The third-order valence-corrected chi connectivity index (χ3v) is 6.07. The second-order valence-corrected chi connectivity index (χ2v) is 8.05. The lowest BCUT2D eigenvalue weighted by Gasteiger charge is -2.19. The molecule has 2 N–H and O–H groups in total. The minimum Gasteiger partial charge on any atom is -0.410 e.